The Hall–Kier alpha value is -2.41. The Morgan fingerprint density at radius 1 is 1.27 bits per heavy atom. The monoisotopic (exact) mass is 369 g/mol. The van der Waals surface area contributed by atoms with Gasteiger partial charge in [-0.1, -0.05) is 0 Å². The average Bonchev–Trinajstić information content (AvgIpc) is 3.07. The highest BCUT2D eigenvalue weighted by Gasteiger charge is 2.33. The molecule has 0 spiro atoms. The number of carbonyl (C=O) groups excluding carboxylic acids is 2. The van der Waals surface area contributed by atoms with Crippen LogP contribution in [0.2, 0.25) is 0 Å². The molecule has 1 aromatic heterocycles. The van der Waals surface area contributed by atoms with Crippen molar-refractivity contribution >= 4 is 34.5 Å². The molecular weight excluding hydrogens is 350 g/mol. The molecule has 3 aliphatic rings. The number of anilines is 2. The number of thiazole rings is 1. The SMILES string of the molecule is CN1C(=O)COc2cc3c(cc21)C(c1nc2c(s1)CCCC2)CC(=O)N3. The summed E-state index contributed by atoms with van der Waals surface area (Å²) in [5.41, 5.74) is 3.74. The van der Waals surface area contributed by atoms with Crippen molar-refractivity contribution in [1.29, 1.82) is 0 Å². The number of aromatic nitrogens is 1. The van der Waals surface area contributed by atoms with Gasteiger partial charge in [0.25, 0.3) is 5.91 Å². The van der Waals surface area contributed by atoms with Crippen molar-refractivity contribution in [3.05, 3.63) is 33.3 Å². The summed E-state index contributed by atoms with van der Waals surface area (Å²) in [7, 11) is 1.76. The number of carbonyl (C=O) groups is 2. The van der Waals surface area contributed by atoms with E-state index in [1.165, 1.54) is 23.4 Å². The molecule has 1 atom stereocenters. The maximum Gasteiger partial charge on any atom is 0.264 e. The average molecular weight is 369 g/mol. The summed E-state index contributed by atoms with van der Waals surface area (Å²) in [6, 6.07) is 3.82. The summed E-state index contributed by atoms with van der Waals surface area (Å²) in [6.45, 7) is 0.0266. The minimum absolute atomic E-state index is 0.00383. The Kier molecular flexibility index (Phi) is 3.53. The zero-order chi connectivity index (χ0) is 17.8. The number of amides is 2. The minimum Gasteiger partial charge on any atom is -0.481 e. The van der Waals surface area contributed by atoms with Gasteiger partial charge in [-0.2, -0.15) is 0 Å². The number of rotatable bonds is 1. The first-order valence-electron chi connectivity index (χ1n) is 8.96. The molecule has 0 radical (unpaired) electrons. The predicted octanol–water partition coefficient (Wildman–Crippen LogP) is 2.85. The van der Waals surface area contributed by atoms with E-state index in [2.05, 4.69) is 5.32 Å². The lowest BCUT2D eigenvalue weighted by Crippen LogP contribution is -2.36. The fourth-order valence-corrected chi connectivity index (χ4v) is 5.24. The van der Waals surface area contributed by atoms with Crippen molar-refractivity contribution in [2.24, 2.45) is 0 Å². The van der Waals surface area contributed by atoms with Gasteiger partial charge in [-0.15, -0.1) is 11.3 Å². The van der Waals surface area contributed by atoms with Gasteiger partial charge < -0.3 is 15.0 Å². The van der Waals surface area contributed by atoms with E-state index in [-0.39, 0.29) is 24.3 Å². The Balaban J connectivity index is 1.62. The van der Waals surface area contributed by atoms with Gasteiger partial charge in [0.1, 0.15) is 10.8 Å². The van der Waals surface area contributed by atoms with Crippen LogP contribution in [-0.4, -0.2) is 30.5 Å². The van der Waals surface area contributed by atoms with Crippen molar-refractivity contribution in [3.8, 4) is 5.75 Å². The van der Waals surface area contributed by atoms with Crippen LogP contribution in [0.5, 0.6) is 5.75 Å². The summed E-state index contributed by atoms with van der Waals surface area (Å²) in [4.78, 5) is 32.2. The predicted molar refractivity (Wildman–Crippen MR) is 99.2 cm³/mol. The largest absolute Gasteiger partial charge is 0.481 e. The summed E-state index contributed by atoms with van der Waals surface area (Å²) in [5.74, 6) is 0.490. The third kappa shape index (κ3) is 2.41. The van der Waals surface area contributed by atoms with Crippen LogP contribution in [0.15, 0.2) is 12.1 Å². The van der Waals surface area contributed by atoms with Gasteiger partial charge in [-0.3, -0.25) is 9.59 Å². The molecule has 7 heteroatoms. The topological polar surface area (TPSA) is 71.5 Å². The van der Waals surface area contributed by atoms with Gasteiger partial charge in [0.05, 0.1) is 11.4 Å². The van der Waals surface area contributed by atoms with Crippen molar-refractivity contribution in [2.45, 2.75) is 38.0 Å². The molecule has 134 valence electrons. The quantitative estimate of drug-likeness (QED) is 0.839. The fraction of sp³-hybridized carbons (Fsp3) is 0.421. The third-order valence-electron chi connectivity index (χ3n) is 5.42. The van der Waals surface area contributed by atoms with E-state index in [9.17, 15) is 9.59 Å². The lowest BCUT2D eigenvalue weighted by Gasteiger charge is -2.31. The number of hydrogen-bond donors (Lipinski definition) is 1. The number of benzene rings is 1. The maximum absolute atomic E-state index is 12.3. The molecule has 1 aliphatic carbocycles. The molecule has 1 N–H and O–H groups in total. The normalized spacial score (nSPS) is 21.4. The molecule has 0 saturated carbocycles. The van der Waals surface area contributed by atoms with Gasteiger partial charge in [-0.05, 0) is 37.3 Å². The fourth-order valence-electron chi connectivity index (χ4n) is 3.97. The molecule has 2 amide bonds. The number of nitrogens with zero attached hydrogens (tertiary/aromatic N) is 2. The highest BCUT2D eigenvalue weighted by atomic mass is 32.1. The first-order valence-corrected chi connectivity index (χ1v) is 9.77. The van der Waals surface area contributed by atoms with Crippen LogP contribution in [0.25, 0.3) is 0 Å². The summed E-state index contributed by atoms with van der Waals surface area (Å²) >= 11 is 1.74. The van der Waals surface area contributed by atoms with E-state index in [0.29, 0.717) is 12.2 Å². The second-order valence-corrected chi connectivity index (χ2v) is 8.20. The van der Waals surface area contributed by atoms with Crippen LogP contribution >= 0.6 is 11.3 Å². The summed E-state index contributed by atoms with van der Waals surface area (Å²) in [6.07, 6.45) is 4.92. The van der Waals surface area contributed by atoms with Crippen LogP contribution in [0.4, 0.5) is 11.4 Å². The van der Waals surface area contributed by atoms with E-state index in [1.54, 1.807) is 23.3 Å². The highest BCUT2D eigenvalue weighted by Crippen LogP contribution is 2.45. The third-order valence-corrected chi connectivity index (χ3v) is 6.69. The molecule has 5 rings (SSSR count). The van der Waals surface area contributed by atoms with E-state index in [4.69, 9.17) is 9.72 Å². The van der Waals surface area contributed by atoms with Crippen LogP contribution in [0.1, 0.15) is 46.3 Å². The second kappa shape index (κ2) is 5.81. The Morgan fingerprint density at radius 2 is 2.12 bits per heavy atom. The number of likely N-dealkylation sites (N-methyl/N-ethyl adjacent to an activating group) is 1. The Bertz CT molecular complexity index is 913. The zero-order valence-corrected chi connectivity index (χ0v) is 15.3. The van der Waals surface area contributed by atoms with Crippen LogP contribution in [0.3, 0.4) is 0 Å². The minimum atomic E-state index is -0.0708. The molecule has 0 saturated heterocycles. The van der Waals surface area contributed by atoms with E-state index in [0.717, 1.165) is 34.8 Å². The van der Waals surface area contributed by atoms with Crippen LogP contribution in [0, 0.1) is 0 Å². The van der Waals surface area contributed by atoms with E-state index in [1.807, 2.05) is 12.1 Å². The Labute approximate surface area is 155 Å². The lowest BCUT2D eigenvalue weighted by molar-refractivity contribution is -0.121. The molecule has 0 fully saturated rings. The smallest absolute Gasteiger partial charge is 0.264 e. The molecule has 2 aromatic rings. The molecule has 3 heterocycles. The van der Waals surface area contributed by atoms with Crippen LogP contribution < -0.4 is 15.0 Å². The summed E-state index contributed by atoms with van der Waals surface area (Å²) in [5, 5.41) is 3.96. The van der Waals surface area contributed by atoms with Crippen molar-refractivity contribution in [2.75, 3.05) is 23.9 Å². The molecule has 26 heavy (non-hydrogen) atoms. The van der Waals surface area contributed by atoms with E-state index >= 15 is 0 Å². The van der Waals surface area contributed by atoms with Crippen molar-refractivity contribution < 1.29 is 14.3 Å². The second-order valence-electron chi connectivity index (χ2n) is 7.08. The van der Waals surface area contributed by atoms with Gasteiger partial charge in [0.2, 0.25) is 5.91 Å². The van der Waals surface area contributed by atoms with E-state index < -0.39 is 0 Å². The molecular formula is C19H19N3O3S. The number of ether oxygens (including phenoxy) is 1. The first kappa shape index (κ1) is 15.8. The van der Waals surface area contributed by atoms with Crippen molar-refractivity contribution in [3.63, 3.8) is 0 Å². The van der Waals surface area contributed by atoms with Gasteiger partial charge in [-0.25, -0.2) is 4.98 Å². The molecule has 0 bridgehead atoms. The lowest BCUT2D eigenvalue weighted by atomic mass is 9.90. The Morgan fingerprint density at radius 3 is 2.96 bits per heavy atom. The standard InChI is InChI=1S/C19H19N3O3S/c1-22-14-6-10-11(19-21-12-4-2-3-5-16(12)26-19)7-17(23)20-13(10)8-15(14)25-9-18(22)24/h6,8,11H,2-5,7,9H2,1H3,(H,20,23). The first-order chi connectivity index (χ1) is 12.6. The van der Waals surface area contributed by atoms with Gasteiger partial charge in [0.15, 0.2) is 6.61 Å². The number of fused-ring (bicyclic) bond motifs is 3. The summed E-state index contributed by atoms with van der Waals surface area (Å²) < 4.78 is 5.56. The molecule has 1 aromatic carbocycles. The van der Waals surface area contributed by atoms with Gasteiger partial charge >= 0.3 is 0 Å². The van der Waals surface area contributed by atoms with Crippen molar-refractivity contribution in [1.82, 2.24) is 4.98 Å². The number of aryl methyl sites for hydroxylation is 2. The van der Waals surface area contributed by atoms with Gasteiger partial charge in [0, 0.05) is 36.0 Å². The number of nitrogens with one attached hydrogen (secondary N) is 1. The molecule has 6 nitrogen and oxygen atoms in total. The maximum atomic E-state index is 12.3. The van der Waals surface area contributed by atoms with Crippen LogP contribution in [-0.2, 0) is 22.4 Å². The zero-order valence-electron chi connectivity index (χ0n) is 14.5. The number of hydrogen-bond acceptors (Lipinski definition) is 5. The highest BCUT2D eigenvalue weighted by molar-refractivity contribution is 7.11. The molecule has 1 unspecified atom stereocenters. The molecule has 2 aliphatic heterocycles.